The third-order valence-electron chi connectivity index (χ3n) is 1.97. The number of hydrogen-bond acceptors (Lipinski definition) is 2. The van der Waals surface area contributed by atoms with Gasteiger partial charge in [0.25, 0.3) is 0 Å². The van der Waals surface area contributed by atoms with Crippen molar-refractivity contribution in [2.24, 2.45) is 0 Å². The van der Waals surface area contributed by atoms with E-state index in [1.54, 1.807) is 0 Å². The summed E-state index contributed by atoms with van der Waals surface area (Å²) < 4.78 is 5.38. The molecule has 0 heterocycles. The zero-order chi connectivity index (χ0) is 9.52. The molecule has 2 nitrogen and oxygen atoms in total. The number of aryl methyl sites for hydroxylation is 1. The van der Waals surface area contributed by atoms with Gasteiger partial charge in [-0.15, -0.1) is 0 Å². The summed E-state index contributed by atoms with van der Waals surface area (Å²) in [5, 5.41) is 8.54. The fourth-order valence-corrected chi connectivity index (χ4v) is 1.12. The molecule has 0 atom stereocenters. The van der Waals surface area contributed by atoms with Crippen LogP contribution in [0.2, 0.25) is 0 Å². The second-order valence-electron chi connectivity index (χ2n) is 3.06. The lowest BCUT2D eigenvalue weighted by molar-refractivity contribution is 0.104. The second-order valence-corrected chi connectivity index (χ2v) is 3.06. The van der Waals surface area contributed by atoms with Crippen molar-refractivity contribution in [1.29, 1.82) is 0 Å². The summed E-state index contributed by atoms with van der Waals surface area (Å²) >= 11 is 0. The molecule has 1 N–H and O–H groups in total. The predicted molar refractivity (Wildman–Crippen MR) is 52.5 cm³/mol. The van der Waals surface area contributed by atoms with Crippen molar-refractivity contribution in [2.75, 3.05) is 13.2 Å². The van der Waals surface area contributed by atoms with Gasteiger partial charge in [0.05, 0.1) is 6.61 Å². The molecule has 0 aliphatic carbocycles. The highest BCUT2D eigenvalue weighted by molar-refractivity contribution is 5.24. The Balaban J connectivity index is 2.32. The summed E-state index contributed by atoms with van der Waals surface area (Å²) in [5.74, 6) is 0. The van der Waals surface area contributed by atoms with Crippen LogP contribution in [0.5, 0.6) is 0 Å². The maximum Gasteiger partial charge on any atom is 0.0719 e. The minimum atomic E-state index is 0.202. The molecular weight excluding hydrogens is 164 g/mol. The van der Waals surface area contributed by atoms with E-state index in [0.29, 0.717) is 19.6 Å². The Morgan fingerprint density at radius 3 is 2.77 bits per heavy atom. The van der Waals surface area contributed by atoms with Crippen molar-refractivity contribution in [2.45, 2.75) is 20.0 Å². The molecule has 13 heavy (non-hydrogen) atoms. The van der Waals surface area contributed by atoms with Gasteiger partial charge in [0.2, 0.25) is 0 Å². The van der Waals surface area contributed by atoms with Crippen LogP contribution in [0.4, 0.5) is 0 Å². The fraction of sp³-hybridized carbons (Fsp3) is 0.455. The van der Waals surface area contributed by atoms with Crippen LogP contribution in [0.15, 0.2) is 24.3 Å². The average Bonchev–Trinajstić information content (AvgIpc) is 2.15. The van der Waals surface area contributed by atoms with E-state index >= 15 is 0 Å². The molecule has 2 heteroatoms. The Morgan fingerprint density at radius 2 is 2.08 bits per heavy atom. The first-order valence-electron chi connectivity index (χ1n) is 4.57. The molecule has 72 valence electrons. The quantitative estimate of drug-likeness (QED) is 0.701. The lowest BCUT2D eigenvalue weighted by atomic mass is 10.1. The molecule has 1 rings (SSSR count). The first kappa shape index (κ1) is 10.2. The third kappa shape index (κ3) is 3.57. The van der Waals surface area contributed by atoms with Crippen LogP contribution in [0.3, 0.4) is 0 Å². The highest BCUT2D eigenvalue weighted by Gasteiger charge is 1.95. The van der Waals surface area contributed by atoms with Gasteiger partial charge < -0.3 is 9.84 Å². The van der Waals surface area contributed by atoms with Crippen molar-refractivity contribution >= 4 is 0 Å². The summed E-state index contributed by atoms with van der Waals surface area (Å²) in [5.41, 5.74) is 2.48. The summed E-state index contributed by atoms with van der Waals surface area (Å²) in [6.45, 7) is 3.55. The van der Waals surface area contributed by atoms with Gasteiger partial charge in [0.15, 0.2) is 0 Å². The van der Waals surface area contributed by atoms with Crippen molar-refractivity contribution in [3.05, 3.63) is 35.4 Å². The van der Waals surface area contributed by atoms with Crippen LogP contribution in [0.25, 0.3) is 0 Å². The van der Waals surface area contributed by atoms with Crippen LogP contribution in [0, 0.1) is 6.92 Å². The van der Waals surface area contributed by atoms with Crippen molar-refractivity contribution < 1.29 is 9.84 Å². The average molecular weight is 180 g/mol. The number of aliphatic hydroxyl groups is 1. The van der Waals surface area contributed by atoms with E-state index in [-0.39, 0.29) is 6.61 Å². The van der Waals surface area contributed by atoms with E-state index in [4.69, 9.17) is 9.84 Å². The molecule has 0 spiro atoms. The van der Waals surface area contributed by atoms with E-state index in [9.17, 15) is 0 Å². The number of hydrogen-bond donors (Lipinski definition) is 1. The van der Waals surface area contributed by atoms with Crippen LogP contribution in [0.1, 0.15) is 17.5 Å². The highest BCUT2D eigenvalue weighted by atomic mass is 16.5. The topological polar surface area (TPSA) is 29.5 Å². The SMILES string of the molecule is Cc1ccccc1COCCCO. The third-order valence-corrected chi connectivity index (χ3v) is 1.97. The Labute approximate surface area is 79.2 Å². The lowest BCUT2D eigenvalue weighted by Crippen LogP contribution is -1.98. The lowest BCUT2D eigenvalue weighted by Gasteiger charge is -2.05. The van der Waals surface area contributed by atoms with Gasteiger partial charge in [0.1, 0.15) is 0 Å². The van der Waals surface area contributed by atoms with E-state index in [0.717, 1.165) is 0 Å². The molecule has 0 aliphatic rings. The van der Waals surface area contributed by atoms with Gasteiger partial charge >= 0.3 is 0 Å². The van der Waals surface area contributed by atoms with Gasteiger partial charge in [-0.25, -0.2) is 0 Å². The molecule has 0 bridgehead atoms. The van der Waals surface area contributed by atoms with Gasteiger partial charge in [-0.2, -0.15) is 0 Å². The zero-order valence-electron chi connectivity index (χ0n) is 7.99. The van der Waals surface area contributed by atoms with Crippen LogP contribution in [-0.2, 0) is 11.3 Å². The first-order valence-corrected chi connectivity index (χ1v) is 4.57. The molecule has 0 aliphatic heterocycles. The largest absolute Gasteiger partial charge is 0.396 e. The van der Waals surface area contributed by atoms with Crippen LogP contribution in [-0.4, -0.2) is 18.3 Å². The van der Waals surface area contributed by atoms with Gasteiger partial charge in [-0.1, -0.05) is 24.3 Å². The highest BCUT2D eigenvalue weighted by Crippen LogP contribution is 2.07. The number of ether oxygens (including phenoxy) is 1. The summed E-state index contributed by atoms with van der Waals surface area (Å²) in [6.07, 6.45) is 0.714. The molecule has 1 aromatic rings. The van der Waals surface area contributed by atoms with Crippen molar-refractivity contribution in [3.8, 4) is 0 Å². The molecule has 0 amide bonds. The summed E-state index contributed by atoms with van der Waals surface area (Å²) in [7, 11) is 0. The Hall–Kier alpha value is -0.860. The predicted octanol–water partition coefficient (Wildman–Crippen LogP) is 1.89. The number of benzene rings is 1. The monoisotopic (exact) mass is 180 g/mol. The molecule has 0 unspecified atom stereocenters. The van der Waals surface area contributed by atoms with Crippen molar-refractivity contribution in [1.82, 2.24) is 0 Å². The minimum Gasteiger partial charge on any atom is -0.396 e. The van der Waals surface area contributed by atoms with Crippen LogP contribution >= 0.6 is 0 Å². The van der Waals surface area contributed by atoms with E-state index in [2.05, 4.69) is 19.1 Å². The van der Waals surface area contributed by atoms with Crippen molar-refractivity contribution in [3.63, 3.8) is 0 Å². The molecule has 1 aromatic carbocycles. The zero-order valence-corrected chi connectivity index (χ0v) is 7.99. The van der Waals surface area contributed by atoms with Gasteiger partial charge in [-0.05, 0) is 24.5 Å². The molecule has 0 saturated carbocycles. The van der Waals surface area contributed by atoms with E-state index in [1.165, 1.54) is 11.1 Å². The Morgan fingerprint density at radius 1 is 1.31 bits per heavy atom. The first-order chi connectivity index (χ1) is 6.34. The standard InChI is InChI=1S/C11H16O2/c1-10-5-2-3-6-11(10)9-13-8-4-7-12/h2-3,5-6,12H,4,7-9H2,1H3. The van der Waals surface area contributed by atoms with Crippen LogP contribution < -0.4 is 0 Å². The fourth-order valence-electron chi connectivity index (χ4n) is 1.12. The molecule has 0 saturated heterocycles. The van der Waals surface area contributed by atoms with Gasteiger partial charge in [0, 0.05) is 13.2 Å². The normalized spacial score (nSPS) is 10.3. The summed E-state index contributed by atoms with van der Waals surface area (Å²) in [4.78, 5) is 0. The molecule has 0 aromatic heterocycles. The smallest absolute Gasteiger partial charge is 0.0719 e. The van der Waals surface area contributed by atoms with E-state index < -0.39 is 0 Å². The molecule has 0 radical (unpaired) electrons. The second kappa shape index (κ2) is 5.73. The maximum atomic E-state index is 8.54. The number of aliphatic hydroxyl groups excluding tert-OH is 1. The van der Waals surface area contributed by atoms with E-state index in [1.807, 2.05) is 12.1 Å². The number of rotatable bonds is 5. The summed E-state index contributed by atoms with van der Waals surface area (Å²) in [6, 6.07) is 8.17. The Kier molecular flexibility index (Phi) is 4.50. The minimum absolute atomic E-state index is 0.202. The van der Waals surface area contributed by atoms with Gasteiger partial charge in [-0.3, -0.25) is 0 Å². The maximum absolute atomic E-state index is 8.54. The molecule has 0 fully saturated rings. The Bertz CT molecular complexity index is 246. The molecular formula is C11H16O2.